The molecule has 2 aromatic rings. The molecule has 0 radical (unpaired) electrons. The van der Waals surface area contributed by atoms with E-state index in [0.29, 0.717) is 40.7 Å². The zero-order chi connectivity index (χ0) is 13.7. The lowest BCUT2D eigenvalue weighted by molar-refractivity contribution is 0.317. The molecule has 6 heteroatoms. The van der Waals surface area contributed by atoms with Gasteiger partial charge in [0.25, 0.3) is 0 Å². The van der Waals surface area contributed by atoms with Gasteiger partial charge in [0.15, 0.2) is 0 Å². The molecule has 0 bridgehead atoms. The fraction of sp³-hybridized carbons (Fsp3) is 0.231. The number of benzene rings is 1. The fourth-order valence-corrected chi connectivity index (χ4v) is 1.85. The molecule has 0 unspecified atom stereocenters. The Bertz CT molecular complexity index is 564. The lowest BCUT2D eigenvalue weighted by Gasteiger charge is -2.07. The minimum Gasteiger partial charge on any atom is -0.493 e. The van der Waals surface area contributed by atoms with Crippen LogP contribution >= 0.6 is 23.2 Å². The summed E-state index contributed by atoms with van der Waals surface area (Å²) in [6.07, 6.45) is 0.531. The molecular formula is C13H12Cl2N2O2. The molecule has 0 aliphatic heterocycles. The smallest absolute Gasteiger partial charge is 0.217 e. The van der Waals surface area contributed by atoms with Gasteiger partial charge in [-0.1, -0.05) is 29.3 Å². The van der Waals surface area contributed by atoms with Gasteiger partial charge in [0.1, 0.15) is 16.7 Å². The summed E-state index contributed by atoms with van der Waals surface area (Å²) in [4.78, 5) is 8.28. The molecule has 0 aliphatic carbocycles. The maximum Gasteiger partial charge on any atom is 0.217 e. The predicted molar refractivity (Wildman–Crippen MR) is 74.2 cm³/mol. The number of hydrogen-bond acceptors (Lipinski definition) is 4. The van der Waals surface area contributed by atoms with Crippen LogP contribution in [0.3, 0.4) is 0 Å². The maximum absolute atomic E-state index is 5.86. The second kappa shape index (κ2) is 6.59. The molecule has 100 valence electrons. The van der Waals surface area contributed by atoms with E-state index in [1.54, 1.807) is 18.2 Å². The highest BCUT2D eigenvalue weighted by atomic mass is 35.5. The van der Waals surface area contributed by atoms with Gasteiger partial charge < -0.3 is 9.47 Å². The van der Waals surface area contributed by atoms with Crippen molar-refractivity contribution in [3.8, 4) is 11.6 Å². The third kappa shape index (κ3) is 4.26. The van der Waals surface area contributed by atoms with Gasteiger partial charge in [-0.25, -0.2) is 4.98 Å². The van der Waals surface area contributed by atoms with E-state index in [2.05, 4.69) is 9.97 Å². The van der Waals surface area contributed by atoms with Crippen LogP contribution < -0.4 is 9.47 Å². The zero-order valence-corrected chi connectivity index (χ0v) is 11.8. The Morgan fingerprint density at radius 3 is 2.74 bits per heavy atom. The first-order valence-corrected chi connectivity index (χ1v) is 6.39. The molecule has 4 nitrogen and oxygen atoms in total. The third-order valence-corrected chi connectivity index (χ3v) is 2.75. The topological polar surface area (TPSA) is 44.2 Å². The molecule has 0 aliphatic rings. The molecule has 1 heterocycles. The average Bonchev–Trinajstić information content (AvgIpc) is 2.38. The normalized spacial score (nSPS) is 10.3. The first-order valence-electron chi connectivity index (χ1n) is 5.63. The lowest BCUT2D eigenvalue weighted by Crippen LogP contribution is -2.06. The Kier molecular flexibility index (Phi) is 4.82. The molecule has 1 aromatic heterocycles. The van der Waals surface area contributed by atoms with Gasteiger partial charge in [-0.2, -0.15) is 4.98 Å². The Morgan fingerprint density at radius 1 is 1.16 bits per heavy atom. The van der Waals surface area contributed by atoms with E-state index in [4.69, 9.17) is 32.7 Å². The van der Waals surface area contributed by atoms with Gasteiger partial charge in [-0.3, -0.25) is 0 Å². The third-order valence-electron chi connectivity index (χ3n) is 2.32. The largest absolute Gasteiger partial charge is 0.493 e. The molecule has 0 amide bonds. The molecule has 19 heavy (non-hydrogen) atoms. The van der Waals surface area contributed by atoms with Crippen molar-refractivity contribution in [2.45, 2.75) is 6.42 Å². The monoisotopic (exact) mass is 298 g/mol. The molecule has 2 rings (SSSR count). The van der Waals surface area contributed by atoms with Crippen LogP contribution in [0.4, 0.5) is 0 Å². The van der Waals surface area contributed by atoms with Crippen molar-refractivity contribution in [2.24, 2.45) is 0 Å². The Hall–Kier alpha value is -1.52. The summed E-state index contributed by atoms with van der Waals surface area (Å²) >= 11 is 11.7. The summed E-state index contributed by atoms with van der Waals surface area (Å²) in [5.41, 5.74) is 0. The minimum absolute atomic E-state index is 0.351. The maximum atomic E-state index is 5.86. The molecule has 0 spiro atoms. The van der Waals surface area contributed by atoms with E-state index in [0.717, 1.165) is 0 Å². The van der Waals surface area contributed by atoms with Crippen LogP contribution in [0.2, 0.25) is 10.2 Å². The van der Waals surface area contributed by atoms with Crippen molar-refractivity contribution in [3.05, 3.63) is 46.3 Å². The van der Waals surface area contributed by atoms with Crippen molar-refractivity contribution >= 4 is 23.2 Å². The van der Waals surface area contributed by atoms with Crippen LogP contribution in [-0.2, 0) is 6.42 Å². The van der Waals surface area contributed by atoms with Gasteiger partial charge in [0, 0.05) is 17.5 Å². The summed E-state index contributed by atoms with van der Waals surface area (Å²) in [6.45, 7) is 0.434. The number of aromatic nitrogens is 2. The first kappa shape index (κ1) is 13.9. The van der Waals surface area contributed by atoms with Gasteiger partial charge in [-0.15, -0.1) is 0 Å². The number of rotatable bonds is 5. The SMILES string of the molecule is COc1cc(Cl)nc(CCOc2cccc(Cl)c2)n1. The van der Waals surface area contributed by atoms with Crippen LogP contribution in [0.25, 0.3) is 0 Å². The van der Waals surface area contributed by atoms with Gasteiger partial charge in [0.05, 0.1) is 13.7 Å². The first-order chi connectivity index (χ1) is 9.17. The molecule has 0 saturated heterocycles. The highest BCUT2D eigenvalue weighted by Crippen LogP contribution is 2.17. The quantitative estimate of drug-likeness (QED) is 0.794. The summed E-state index contributed by atoms with van der Waals surface area (Å²) in [7, 11) is 1.53. The minimum atomic E-state index is 0.351. The molecule has 1 aromatic carbocycles. The molecule has 0 N–H and O–H groups in total. The van der Waals surface area contributed by atoms with Crippen LogP contribution in [0.1, 0.15) is 5.82 Å². The van der Waals surface area contributed by atoms with E-state index < -0.39 is 0 Å². The summed E-state index contributed by atoms with van der Waals surface area (Å²) in [5, 5.41) is 0.989. The van der Waals surface area contributed by atoms with Crippen molar-refractivity contribution < 1.29 is 9.47 Å². The second-order valence-electron chi connectivity index (χ2n) is 3.71. The molecule has 0 fully saturated rings. The van der Waals surface area contributed by atoms with Crippen LogP contribution in [0, 0.1) is 0 Å². The fourth-order valence-electron chi connectivity index (χ4n) is 1.48. The summed E-state index contributed by atoms with van der Waals surface area (Å²) < 4.78 is 10.6. The van der Waals surface area contributed by atoms with Crippen LogP contribution in [-0.4, -0.2) is 23.7 Å². The predicted octanol–water partition coefficient (Wildman–Crippen LogP) is 3.41. The van der Waals surface area contributed by atoms with E-state index in [-0.39, 0.29) is 0 Å². The highest BCUT2D eigenvalue weighted by molar-refractivity contribution is 6.30. The van der Waals surface area contributed by atoms with E-state index in [9.17, 15) is 0 Å². The van der Waals surface area contributed by atoms with Crippen LogP contribution in [0.15, 0.2) is 30.3 Å². The standard InChI is InChI=1S/C13H12Cl2N2O2/c1-18-13-8-11(15)16-12(17-13)5-6-19-10-4-2-3-9(14)7-10/h2-4,7-8H,5-6H2,1H3. The van der Waals surface area contributed by atoms with Crippen LogP contribution in [0.5, 0.6) is 11.6 Å². The summed E-state index contributed by atoms with van der Waals surface area (Å²) in [6, 6.07) is 8.77. The second-order valence-corrected chi connectivity index (χ2v) is 4.53. The van der Waals surface area contributed by atoms with Gasteiger partial charge in [-0.05, 0) is 18.2 Å². The van der Waals surface area contributed by atoms with Crippen molar-refractivity contribution in [2.75, 3.05) is 13.7 Å². The zero-order valence-electron chi connectivity index (χ0n) is 10.3. The van der Waals surface area contributed by atoms with E-state index in [1.165, 1.54) is 7.11 Å². The van der Waals surface area contributed by atoms with Crippen molar-refractivity contribution in [3.63, 3.8) is 0 Å². The van der Waals surface area contributed by atoms with Gasteiger partial charge >= 0.3 is 0 Å². The summed E-state index contributed by atoms with van der Waals surface area (Å²) in [5.74, 6) is 1.73. The van der Waals surface area contributed by atoms with Crippen molar-refractivity contribution in [1.82, 2.24) is 9.97 Å². The Morgan fingerprint density at radius 2 is 2.00 bits per heavy atom. The molecular weight excluding hydrogens is 287 g/mol. The lowest BCUT2D eigenvalue weighted by atomic mass is 10.3. The molecule has 0 saturated carbocycles. The van der Waals surface area contributed by atoms with E-state index in [1.807, 2.05) is 12.1 Å². The molecule has 0 atom stereocenters. The Labute approximate surface area is 121 Å². The number of hydrogen-bond donors (Lipinski definition) is 0. The number of nitrogens with zero attached hydrogens (tertiary/aromatic N) is 2. The van der Waals surface area contributed by atoms with Gasteiger partial charge in [0.2, 0.25) is 5.88 Å². The average molecular weight is 299 g/mol. The number of halogens is 2. The highest BCUT2D eigenvalue weighted by Gasteiger charge is 2.04. The number of ether oxygens (including phenoxy) is 2. The van der Waals surface area contributed by atoms with Crippen molar-refractivity contribution in [1.29, 1.82) is 0 Å². The Balaban J connectivity index is 1.94. The number of methoxy groups -OCH3 is 1. The van der Waals surface area contributed by atoms with E-state index >= 15 is 0 Å².